The van der Waals surface area contributed by atoms with Crippen LogP contribution < -0.4 is 10.6 Å². The molecule has 1 aliphatic heterocycles. The van der Waals surface area contributed by atoms with Gasteiger partial charge in [0.05, 0.1) is 11.3 Å². The minimum absolute atomic E-state index is 0.487. The van der Waals surface area contributed by atoms with Crippen molar-refractivity contribution in [1.82, 2.24) is 0 Å². The Kier molecular flexibility index (Phi) is 3.88. The number of benzene rings is 1. The normalized spacial score (nSPS) is 23.8. The summed E-state index contributed by atoms with van der Waals surface area (Å²) in [5.41, 5.74) is 8.46. The lowest BCUT2D eigenvalue weighted by Gasteiger charge is -2.40. The minimum atomic E-state index is 0.487. The van der Waals surface area contributed by atoms with Crippen molar-refractivity contribution in [2.75, 3.05) is 11.4 Å². The van der Waals surface area contributed by atoms with Crippen LogP contribution in [0.15, 0.2) is 18.2 Å². The average Bonchev–Trinajstić information content (AvgIpc) is 2.41. The summed E-state index contributed by atoms with van der Waals surface area (Å²) in [6, 6.07) is 8.80. The second kappa shape index (κ2) is 5.41. The highest BCUT2D eigenvalue weighted by Gasteiger charge is 2.26. The molecule has 0 bridgehead atoms. The van der Waals surface area contributed by atoms with Gasteiger partial charge in [-0.05, 0) is 43.4 Å². The van der Waals surface area contributed by atoms with E-state index in [1.54, 1.807) is 0 Å². The van der Waals surface area contributed by atoms with E-state index in [1.807, 2.05) is 12.1 Å². The molecule has 1 aromatic carbocycles. The first-order valence-corrected chi connectivity index (χ1v) is 6.67. The van der Waals surface area contributed by atoms with E-state index in [1.165, 1.54) is 12.8 Å². The SMILES string of the molecule is CC1CCCN(c2ccc(CN)cc2C#N)C1C. The molecule has 1 saturated heterocycles. The molecule has 2 atom stereocenters. The van der Waals surface area contributed by atoms with Gasteiger partial charge >= 0.3 is 0 Å². The minimum Gasteiger partial charge on any atom is -0.367 e. The highest BCUT2D eigenvalue weighted by Crippen LogP contribution is 2.31. The number of hydrogen-bond acceptors (Lipinski definition) is 3. The Labute approximate surface area is 109 Å². The topological polar surface area (TPSA) is 53.0 Å². The monoisotopic (exact) mass is 243 g/mol. The standard InChI is InChI=1S/C15H21N3/c1-11-4-3-7-18(12(11)2)15-6-5-13(9-16)8-14(15)10-17/h5-6,8,11-12H,3-4,7,9,16H2,1-2H3. The van der Waals surface area contributed by atoms with Gasteiger partial charge in [-0.2, -0.15) is 5.26 Å². The zero-order valence-corrected chi connectivity index (χ0v) is 11.2. The van der Waals surface area contributed by atoms with E-state index in [9.17, 15) is 5.26 Å². The smallest absolute Gasteiger partial charge is 0.101 e. The summed E-state index contributed by atoms with van der Waals surface area (Å²) in [6.45, 7) is 6.07. The molecule has 96 valence electrons. The summed E-state index contributed by atoms with van der Waals surface area (Å²) in [7, 11) is 0. The van der Waals surface area contributed by atoms with Gasteiger partial charge in [-0.15, -0.1) is 0 Å². The Hall–Kier alpha value is -1.53. The Morgan fingerprint density at radius 1 is 1.44 bits per heavy atom. The summed E-state index contributed by atoms with van der Waals surface area (Å²) in [5, 5.41) is 9.30. The first kappa shape index (κ1) is 12.9. The largest absolute Gasteiger partial charge is 0.367 e. The first-order chi connectivity index (χ1) is 8.67. The zero-order valence-electron chi connectivity index (χ0n) is 11.2. The van der Waals surface area contributed by atoms with Crippen molar-refractivity contribution >= 4 is 5.69 Å². The van der Waals surface area contributed by atoms with Crippen LogP contribution >= 0.6 is 0 Å². The van der Waals surface area contributed by atoms with Crippen molar-refractivity contribution < 1.29 is 0 Å². The third-order valence-corrected chi connectivity index (χ3v) is 4.10. The Morgan fingerprint density at radius 2 is 2.22 bits per heavy atom. The number of anilines is 1. The molecule has 2 unspecified atom stereocenters. The lowest BCUT2D eigenvalue weighted by Crippen LogP contribution is -2.42. The van der Waals surface area contributed by atoms with Gasteiger partial charge in [0, 0.05) is 19.1 Å². The van der Waals surface area contributed by atoms with Crippen LogP contribution in [0, 0.1) is 17.2 Å². The number of hydrogen-bond donors (Lipinski definition) is 1. The van der Waals surface area contributed by atoms with E-state index in [-0.39, 0.29) is 0 Å². The van der Waals surface area contributed by atoms with Crippen molar-refractivity contribution in [2.24, 2.45) is 11.7 Å². The average molecular weight is 243 g/mol. The van der Waals surface area contributed by atoms with Crippen molar-refractivity contribution in [3.63, 3.8) is 0 Å². The van der Waals surface area contributed by atoms with E-state index >= 15 is 0 Å². The van der Waals surface area contributed by atoms with Gasteiger partial charge < -0.3 is 10.6 Å². The maximum atomic E-state index is 9.30. The number of nitrogens with zero attached hydrogens (tertiary/aromatic N) is 2. The van der Waals surface area contributed by atoms with Crippen LogP contribution in [0.2, 0.25) is 0 Å². The van der Waals surface area contributed by atoms with Crippen LogP contribution in [0.3, 0.4) is 0 Å². The van der Waals surface area contributed by atoms with Crippen molar-refractivity contribution in [1.29, 1.82) is 5.26 Å². The number of rotatable bonds is 2. The molecule has 0 radical (unpaired) electrons. The highest BCUT2D eigenvalue weighted by atomic mass is 15.2. The fourth-order valence-corrected chi connectivity index (χ4v) is 2.73. The summed E-state index contributed by atoms with van der Waals surface area (Å²) in [4.78, 5) is 2.37. The van der Waals surface area contributed by atoms with E-state index in [4.69, 9.17) is 5.73 Å². The summed E-state index contributed by atoms with van der Waals surface area (Å²) in [6.07, 6.45) is 2.48. The van der Waals surface area contributed by atoms with Crippen molar-refractivity contribution in [3.8, 4) is 6.07 Å². The van der Waals surface area contributed by atoms with Gasteiger partial charge in [-0.25, -0.2) is 0 Å². The predicted molar refractivity (Wildman–Crippen MR) is 74.3 cm³/mol. The fourth-order valence-electron chi connectivity index (χ4n) is 2.73. The molecule has 1 fully saturated rings. The van der Waals surface area contributed by atoms with Crippen LogP contribution in [0.25, 0.3) is 0 Å². The highest BCUT2D eigenvalue weighted by molar-refractivity contribution is 5.61. The zero-order chi connectivity index (χ0) is 13.1. The molecular weight excluding hydrogens is 222 g/mol. The molecule has 0 aliphatic carbocycles. The predicted octanol–water partition coefficient (Wildman–Crippen LogP) is 2.64. The maximum absolute atomic E-state index is 9.30. The van der Waals surface area contributed by atoms with Crippen molar-refractivity contribution in [2.45, 2.75) is 39.3 Å². The number of nitriles is 1. The van der Waals surface area contributed by atoms with Gasteiger partial charge in [0.15, 0.2) is 0 Å². The summed E-state index contributed by atoms with van der Waals surface area (Å²) in [5.74, 6) is 0.680. The molecular formula is C15H21N3. The van der Waals surface area contributed by atoms with Gasteiger partial charge in [0.1, 0.15) is 6.07 Å². The third kappa shape index (κ3) is 2.34. The molecule has 0 saturated carbocycles. The molecule has 1 aliphatic rings. The quantitative estimate of drug-likeness (QED) is 0.868. The lowest BCUT2D eigenvalue weighted by atomic mass is 9.91. The third-order valence-electron chi connectivity index (χ3n) is 4.10. The Bertz CT molecular complexity index is 461. The van der Waals surface area contributed by atoms with E-state index in [2.05, 4.69) is 30.9 Å². The van der Waals surface area contributed by atoms with E-state index in [0.717, 1.165) is 23.4 Å². The fraction of sp³-hybridized carbons (Fsp3) is 0.533. The van der Waals surface area contributed by atoms with Crippen LogP contribution in [-0.4, -0.2) is 12.6 Å². The molecule has 0 amide bonds. The van der Waals surface area contributed by atoms with Crippen molar-refractivity contribution in [3.05, 3.63) is 29.3 Å². The lowest BCUT2D eigenvalue weighted by molar-refractivity contribution is 0.363. The molecule has 1 aromatic rings. The summed E-state index contributed by atoms with van der Waals surface area (Å²) < 4.78 is 0. The second-order valence-electron chi connectivity index (χ2n) is 5.22. The summed E-state index contributed by atoms with van der Waals surface area (Å²) >= 11 is 0. The van der Waals surface area contributed by atoms with Gasteiger partial charge in [0.2, 0.25) is 0 Å². The molecule has 2 N–H and O–H groups in total. The Balaban J connectivity index is 2.35. The van der Waals surface area contributed by atoms with E-state index < -0.39 is 0 Å². The number of nitrogens with two attached hydrogens (primary N) is 1. The van der Waals surface area contributed by atoms with E-state index in [0.29, 0.717) is 18.5 Å². The molecule has 0 spiro atoms. The van der Waals surface area contributed by atoms with Gasteiger partial charge in [-0.1, -0.05) is 13.0 Å². The second-order valence-corrected chi connectivity index (χ2v) is 5.22. The van der Waals surface area contributed by atoms with Crippen LogP contribution in [0.5, 0.6) is 0 Å². The van der Waals surface area contributed by atoms with Gasteiger partial charge in [0.25, 0.3) is 0 Å². The molecule has 3 nitrogen and oxygen atoms in total. The van der Waals surface area contributed by atoms with Crippen LogP contribution in [0.4, 0.5) is 5.69 Å². The first-order valence-electron chi connectivity index (χ1n) is 6.67. The molecule has 3 heteroatoms. The van der Waals surface area contributed by atoms with Gasteiger partial charge in [-0.3, -0.25) is 0 Å². The molecule has 1 heterocycles. The molecule has 2 rings (SSSR count). The Morgan fingerprint density at radius 3 is 2.89 bits per heavy atom. The number of piperidine rings is 1. The maximum Gasteiger partial charge on any atom is 0.101 e. The van der Waals surface area contributed by atoms with Crippen LogP contribution in [0.1, 0.15) is 37.8 Å². The molecule has 0 aromatic heterocycles. The van der Waals surface area contributed by atoms with Crippen LogP contribution in [-0.2, 0) is 6.54 Å². The molecule has 18 heavy (non-hydrogen) atoms.